The lowest BCUT2D eigenvalue weighted by molar-refractivity contribution is -0.123. The Morgan fingerprint density at radius 3 is 2.35 bits per heavy atom. The molecule has 0 aromatic heterocycles. The molecule has 1 amide bonds. The number of hydrogen-bond acceptors (Lipinski definition) is 3. The van der Waals surface area contributed by atoms with E-state index in [-0.39, 0.29) is 12.5 Å². The van der Waals surface area contributed by atoms with E-state index < -0.39 is 0 Å². The van der Waals surface area contributed by atoms with Crippen LogP contribution in [0.5, 0.6) is 5.75 Å². The van der Waals surface area contributed by atoms with Crippen LogP contribution in [0.2, 0.25) is 0 Å². The Labute approximate surface area is 144 Å². The smallest absolute Gasteiger partial charge is 0.277 e. The number of carbonyl (C=O) groups is 1. The Kier molecular flexibility index (Phi) is 5.93. The molecule has 0 aliphatic rings. The van der Waals surface area contributed by atoms with Gasteiger partial charge in [-0.15, -0.1) is 0 Å². The van der Waals surface area contributed by atoms with E-state index in [0.29, 0.717) is 0 Å². The molecule has 1 N–H and O–H groups in total. The molecule has 120 valence electrons. The second-order valence-electron chi connectivity index (χ2n) is 5.25. The average molecular weight is 375 g/mol. The van der Waals surface area contributed by atoms with Gasteiger partial charge in [0.1, 0.15) is 5.75 Å². The number of halogens is 1. The predicted molar refractivity (Wildman–Crippen MR) is 95.9 cm³/mol. The molecule has 0 aliphatic heterocycles. The van der Waals surface area contributed by atoms with Crippen LogP contribution in [0.3, 0.4) is 0 Å². The fourth-order valence-corrected chi connectivity index (χ4v) is 2.36. The molecular weight excluding hydrogens is 356 g/mol. The van der Waals surface area contributed by atoms with E-state index >= 15 is 0 Å². The number of carbonyl (C=O) groups excluding carboxylic acids is 1. The average Bonchev–Trinajstić information content (AvgIpc) is 2.53. The van der Waals surface area contributed by atoms with Crippen LogP contribution in [-0.4, -0.2) is 18.2 Å². The van der Waals surface area contributed by atoms with Crippen molar-refractivity contribution in [1.29, 1.82) is 0 Å². The number of benzene rings is 2. The van der Waals surface area contributed by atoms with Gasteiger partial charge in [-0.05, 0) is 49.6 Å². The van der Waals surface area contributed by atoms with E-state index in [1.165, 1.54) is 0 Å². The molecule has 2 rings (SSSR count). The molecule has 5 heteroatoms. The third-order valence-corrected chi connectivity index (χ3v) is 3.90. The van der Waals surface area contributed by atoms with Gasteiger partial charge in [0.15, 0.2) is 6.61 Å². The van der Waals surface area contributed by atoms with Crippen molar-refractivity contribution < 1.29 is 9.53 Å². The van der Waals surface area contributed by atoms with Gasteiger partial charge in [0.05, 0.1) is 5.71 Å². The van der Waals surface area contributed by atoms with E-state index in [4.69, 9.17) is 4.74 Å². The largest absolute Gasteiger partial charge is 0.483 e. The summed E-state index contributed by atoms with van der Waals surface area (Å²) in [6.45, 7) is 5.69. The molecular formula is C18H19BrN2O2. The summed E-state index contributed by atoms with van der Waals surface area (Å²) in [6, 6.07) is 13.6. The van der Waals surface area contributed by atoms with Crippen molar-refractivity contribution in [1.82, 2.24) is 5.43 Å². The molecule has 0 unspecified atom stereocenters. The minimum atomic E-state index is -0.288. The summed E-state index contributed by atoms with van der Waals surface area (Å²) in [6.07, 6.45) is 0. The van der Waals surface area contributed by atoms with E-state index in [1.807, 2.05) is 63.2 Å². The van der Waals surface area contributed by atoms with Gasteiger partial charge < -0.3 is 4.74 Å². The van der Waals surface area contributed by atoms with Crippen LogP contribution in [0.15, 0.2) is 52.0 Å². The molecule has 0 bridgehead atoms. The summed E-state index contributed by atoms with van der Waals surface area (Å²) in [5.74, 6) is 0.459. The van der Waals surface area contributed by atoms with Gasteiger partial charge in [0, 0.05) is 4.47 Å². The monoisotopic (exact) mass is 374 g/mol. The van der Waals surface area contributed by atoms with Gasteiger partial charge in [-0.2, -0.15) is 5.10 Å². The number of rotatable bonds is 5. The lowest BCUT2D eigenvalue weighted by atomic mass is 10.1. The third kappa shape index (κ3) is 4.93. The zero-order valence-electron chi connectivity index (χ0n) is 13.4. The standard InChI is InChI=1S/C18H19BrN2O2/c1-12-5-4-6-13(2)18(12)23-11-17(22)21-20-14(3)15-7-9-16(19)10-8-15/h4-10H,11H2,1-3H3,(H,21,22). The fourth-order valence-electron chi connectivity index (χ4n) is 2.10. The van der Waals surface area contributed by atoms with Gasteiger partial charge in [0.25, 0.3) is 5.91 Å². The summed E-state index contributed by atoms with van der Waals surface area (Å²) in [5, 5.41) is 4.10. The van der Waals surface area contributed by atoms with Gasteiger partial charge >= 0.3 is 0 Å². The lowest BCUT2D eigenvalue weighted by Gasteiger charge is -2.11. The van der Waals surface area contributed by atoms with Gasteiger partial charge in [0.2, 0.25) is 0 Å². The van der Waals surface area contributed by atoms with Crippen molar-refractivity contribution in [2.75, 3.05) is 6.61 Å². The first kappa shape index (κ1) is 17.2. The Balaban J connectivity index is 1.92. The highest BCUT2D eigenvalue weighted by molar-refractivity contribution is 9.10. The maximum atomic E-state index is 11.9. The Morgan fingerprint density at radius 2 is 1.74 bits per heavy atom. The Hall–Kier alpha value is -2.14. The summed E-state index contributed by atoms with van der Waals surface area (Å²) in [5.41, 5.74) is 6.21. The molecule has 0 atom stereocenters. The Bertz CT molecular complexity index is 704. The Morgan fingerprint density at radius 1 is 1.13 bits per heavy atom. The van der Waals surface area contributed by atoms with Crippen molar-refractivity contribution in [3.8, 4) is 5.75 Å². The molecule has 2 aromatic carbocycles. The number of nitrogens with zero attached hydrogens (tertiary/aromatic N) is 1. The number of aryl methyl sites for hydroxylation is 2. The number of para-hydroxylation sites is 1. The fraction of sp³-hybridized carbons (Fsp3) is 0.222. The van der Waals surface area contributed by atoms with Crippen LogP contribution in [-0.2, 0) is 4.79 Å². The van der Waals surface area contributed by atoms with Gasteiger partial charge in [-0.25, -0.2) is 5.43 Å². The van der Waals surface area contributed by atoms with Crippen LogP contribution in [0.4, 0.5) is 0 Å². The first-order chi connectivity index (χ1) is 11.0. The molecule has 0 radical (unpaired) electrons. The van der Waals surface area contributed by atoms with Crippen molar-refractivity contribution >= 4 is 27.5 Å². The number of nitrogens with one attached hydrogen (secondary N) is 1. The second kappa shape index (κ2) is 7.92. The highest BCUT2D eigenvalue weighted by Crippen LogP contribution is 2.22. The van der Waals surface area contributed by atoms with Crippen molar-refractivity contribution in [2.45, 2.75) is 20.8 Å². The first-order valence-electron chi connectivity index (χ1n) is 7.25. The lowest BCUT2D eigenvalue weighted by Crippen LogP contribution is -2.26. The zero-order chi connectivity index (χ0) is 16.8. The van der Waals surface area contributed by atoms with Crippen LogP contribution in [0.25, 0.3) is 0 Å². The maximum Gasteiger partial charge on any atom is 0.277 e. The van der Waals surface area contributed by atoms with Crippen LogP contribution < -0.4 is 10.2 Å². The quantitative estimate of drug-likeness (QED) is 0.635. The SMILES string of the molecule is CC(=NNC(=O)COc1c(C)cccc1C)c1ccc(Br)cc1. The van der Waals surface area contributed by atoms with E-state index in [0.717, 1.165) is 32.6 Å². The predicted octanol–water partition coefficient (Wildman–Crippen LogP) is 3.99. The third-order valence-electron chi connectivity index (χ3n) is 3.37. The molecule has 0 spiro atoms. The number of amides is 1. The molecule has 4 nitrogen and oxygen atoms in total. The van der Waals surface area contributed by atoms with Crippen molar-refractivity contribution in [3.63, 3.8) is 0 Å². The number of ether oxygens (including phenoxy) is 1. The van der Waals surface area contributed by atoms with Crippen LogP contribution in [0.1, 0.15) is 23.6 Å². The van der Waals surface area contributed by atoms with Gasteiger partial charge in [-0.3, -0.25) is 4.79 Å². The molecule has 0 aliphatic carbocycles. The molecule has 2 aromatic rings. The number of hydrogen-bond donors (Lipinski definition) is 1. The minimum absolute atomic E-state index is 0.0667. The van der Waals surface area contributed by atoms with Crippen LogP contribution >= 0.6 is 15.9 Å². The summed E-state index contributed by atoms with van der Waals surface area (Å²) in [4.78, 5) is 11.9. The summed E-state index contributed by atoms with van der Waals surface area (Å²) < 4.78 is 6.60. The highest BCUT2D eigenvalue weighted by Gasteiger charge is 2.07. The maximum absolute atomic E-state index is 11.9. The normalized spacial score (nSPS) is 11.2. The molecule has 23 heavy (non-hydrogen) atoms. The van der Waals surface area contributed by atoms with Crippen LogP contribution in [0, 0.1) is 13.8 Å². The molecule has 0 heterocycles. The number of hydrazone groups is 1. The van der Waals surface area contributed by atoms with Crippen molar-refractivity contribution in [2.24, 2.45) is 5.10 Å². The first-order valence-corrected chi connectivity index (χ1v) is 8.05. The molecule has 0 saturated carbocycles. The van der Waals surface area contributed by atoms with E-state index in [9.17, 15) is 4.79 Å². The topological polar surface area (TPSA) is 50.7 Å². The minimum Gasteiger partial charge on any atom is -0.483 e. The second-order valence-corrected chi connectivity index (χ2v) is 6.16. The summed E-state index contributed by atoms with van der Waals surface area (Å²) in [7, 11) is 0. The molecule has 0 saturated heterocycles. The van der Waals surface area contributed by atoms with Gasteiger partial charge in [-0.1, -0.05) is 46.3 Å². The highest BCUT2D eigenvalue weighted by atomic mass is 79.9. The summed E-state index contributed by atoms with van der Waals surface area (Å²) >= 11 is 3.38. The zero-order valence-corrected chi connectivity index (χ0v) is 15.0. The van der Waals surface area contributed by atoms with Crippen molar-refractivity contribution in [3.05, 3.63) is 63.6 Å². The van der Waals surface area contributed by atoms with E-state index in [1.54, 1.807) is 0 Å². The molecule has 0 fully saturated rings. The van der Waals surface area contributed by atoms with E-state index in [2.05, 4.69) is 26.5 Å².